The van der Waals surface area contributed by atoms with E-state index in [0.717, 1.165) is 15.4 Å². The predicted molar refractivity (Wildman–Crippen MR) is 170 cm³/mol. The molecule has 0 spiro atoms. The Morgan fingerprint density at radius 3 is 2.48 bits per heavy atom. The summed E-state index contributed by atoms with van der Waals surface area (Å²) in [6.45, 7) is 0.361. The Hall–Kier alpha value is -4.41. The van der Waals surface area contributed by atoms with Gasteiger partial charge in [-0.05, 0) is 81.7 Å². The Kier molecular flexibility index (Phi) is 7.82. The minimum Gasteiger partial charge on any atom is -0.496 e. The number of ether oxygens (including phenoxy) is 3. The molecule has 4 aromatic carbocycles. The molecular formula is C32H23Br2N3O5. The summed E-state index contributed by atoms with van der Waals surface area (Å²) in [7, 11) is 3.17. The van der Waals surface area contributed by atoms with Crippen molar-refractivity contribution >= 4 is 59.9 Å². The van der Waals surface area contributed by atoms with Crippen LogP contribution in [0.3, 0.4) is 0 Å². The number of aromatic nitrogens is 2. The Labute approximate surface area is 257 Å². The van der Waals surface area contributed by atoms with Crippen molar-refractivity contribution in [2.45, 2.75) is 6.61 Å². The largest absolute Gasteiger partial charge is 0.496 e. The van der Waals surface area contributed by atoms with Crippen molar-refractivity contribution in [3.05, 3.63) is 115 Å². The van der Waals surface area contributed by atoms with Crippen molar-refractivity contribution in [2.24, 2.45) is 5.10 Å². The summed E-state index contributed by atoms with van der Waals surface area (Å²) in [5.74, 6) is 2.36. The van der Waals surface area contributed by atoms with E-state index in [9.17, 15) is 4.79 Å². The molecule has 0 saturated carbocycles. The van der Waals surface area contributed by atoms with Gasteiger partial charge in [0.05, 0.1) is 41.2 Å². The fourth-order valence-electron chi connectivity index (χ4n) is 4.53. The number of halogens is 2. The average molecular weight is 689 g/mol. The third-order valence-corrected chi connectivity index (χ3v) is 7.70. The topological polar surface area (TPSA) is 88.1 Å². The van der Waals surface area contributed by atoms with Gasteiger partial charge in [0.1, 0.15) is 17.9 Å². The molecule has 2 heterocycles. The number of benzene rings is 4. The fraction of sp³-hybridized carbons (Fsp3) is 0.0938. The molecule has 6 rings (SSSR count). The highest BCUT2D eigenvalue weighted by Crippen LogP contribution is 2.37. The smallest absolute Gasteiger partial charge is 0.282 e. The molecule has 0 amide bonds. The van der Waals surface area contributed by atoms with E-state index in [-0.39, 0.29) is 11.4 Å². The van der Waals surface area contributed by atoms with E-state index in [1.54, 1.807) is 50.8 Å². The Balaban J connectivity index is 1.40. The van der Waals surface area contributed by atoms with Crippen molar-refractivity contribution in [3.8, 4) is 28.8 Å². The second-order valence-electron chi connectivity index (χ2n) is 9.25. The summed E-state index contributed by atoms with van der Waals surface area (Å²) in [4.78, 5) is 18.4. The van der Waals surface area contributed by atoms with E-state index in [2.05, 4.69) is 37.0 Å². The number of furan rings is 1. The van der Waals surface area contributed by atoms with Gasteiger partial charge in [-0.1, -0.05) is 46.3 Å². The summed E-state index contributed by atoms with van der Waals surface area (Å²) in [5.41, 5.74) is 2.49. The second kappa shape index (κ2) is 11.8. The van der Waals surface area contributed by atoms with E-state index in [1.807, 2.05) is 54.6 Å². The van der Waals surface area contributed by atoms with Gasteiger partial charge in [0.25, 0.3) is 5.56 Å². The van der Waals surface area contributed by atoms with Crippen molar-refractivity contribution in [1.82, 2.24) is 9.66 Å². The highest BCUT2D eigenvalue weighted by molar-refractivity contribution is 9.10. The summed E-state index contributed by atoms with van der Waals surface area (Å²) in [6, 6.07) is 26.0. The first-order valence-corrected chi connectivity index (χ1v) is 14.4. The summed E-state index contributed by atoms with van der Waals surface area (Å²) in [6.07, 6.45) is 1.57. The molecule has 0 unspecified atom stereocenters. The standard InChI is InChI=1S/C32H23Br2N3O5/c1-39-26-8-5-9-27-23(26)16-29(42-27)31-36-25-7-4-3-6-22(25)32(38)37(31)35-17-20-14-24(34)30(28(15-20)40-2)41-18-19-10-12-21(33)13-11-19/h3-17H,18H2,1-2H3. The van der Waals surface area contributed by atoms with Crippen LogP contribution in [-0.4, -0.2) is 30.1 Å². The summed E-state index contributed by atoms with van der Waals surface area (Å²) in [5, 5.41) is 5.76. The van der Waals surface area contributed by atoms with Crippen molar-refractivity contribution in [2.75, 3.05) is 14.2 Å². The van der Waals surface area contributed by atoms with Crippen LogP contribution in [0.25, 0.3) is 33.5 Å². The van der Waals surface area contributed by atoms with Crippen molar-refractivity contribution in [3.63, 3.8) is 0 Å². The maximum atomic E-state index is 13.7. The number of hydrogen-bond donors (Lipinski definition) is 0. The zero-order valence-corrected chi connectivity index (χ0v) is 25.7. The van der Waals surface area contributed by atoms with Gasteiger partial charge in [0.15, 0.2) is 17.3 Å². The number of para-hydroxylation sites is 1. The zero-order chi connectivity index (χ0) is 29.2. The number of hydrogen-bond acceptors (Lipinski definition) is 7. The van der Waals surface area contributed by atoms with E-state index < -0.39 is 0 Å². The lowest BCUT2D eigenvalue weighted by Gasteiger charge is -2.14. The van der Waals surface area contributed by atoms with Gasteiger partial charge in [-0.25, -0.2) is 4.98 Å². The molecule has 0 bridgehead atoms. The van der Waals surface area contributed by atoms with E-state index >= 15 is 0 Å². The van der Waals surface area contributed by atoms with Crippen LogP contribution >= 0.6 is 31.9 Å². The molecule has 0 fully saturated rings. The van der Waals surface area contributed by atoms with Crippen LogP contribution in [0.1, 0.15) is 11.1 Å². The molecule has 0 aliphatic carbocycles. The van der Waals surface area contributed by atoms with Gasteiger partial charge in [-0.3, -0.25) is 4.79 Å². The lowest BCUT2D eigenvalue weighted by molar-refractivity contribution is 0.282. The van der Waals surface area contributed by atoms with Gasteiger partial charge in [-0.15, -0.1) is 0 Å². The maximum Gasteiger partial charge on any atom is 0.282 e. The van der Waals surface area contributed by atoms with Crippen LogP contribution in [0.2, 0.25) is 0 Å². The van der Waals surface area contributed by atoms with E-state index in [1.165, 1.54) is 4.68 Å². The van der Waals surface area contributed by atoms with Gasteiger partial charge < -0.3 is 18.6 Å². The quantitative estimate of drug-likeness (QED) is 0.152. The normalized spacial score (nSPS) is 11.4. The maximum absolute atomic E-state index is 13.7. The highest BCUT2D eigenvalue weighted by Gasteiger charge is 2.18. The van der Waals surface area contributed by atoms with Gasteiger partial charge in [0.2, 0.25) is 5.82 Å². The average Bonchev–Trinajstić information content (AvgIpc) is 3.45. The first-order valence-electron chi connectivity index (χ1n) is 12.8. The van der Waals surface area contributed by atoms with E-state index in [4.69, 9.17) is 23.6 Å². The third-order valence-electron chi connectivity index (χ3n) is 6.59. The molecule has 0 aliphatic heterocycles. The summed E-state index contributed by atoms with van der Waals surface area (Å²) >= 11 is 7.05. The molecule has 42 heavy (non-hydrogen) atoms. The first kappa shape index (κ1) is 27.7. The molecule has 8 nitrogen and oxygen atoms in total. The van der Waals surface area contributed by atoms with Crippen molar-refractivity contribution in [1.29, 1.82) is 0 Å². The zero-order valence-electron chi connectivity index (χ0n) is 22.5. The predicted octanol–water partition coefficient (Wildman–Crippen LogP) is 7.81. The second-order valence-corrected chi connectivity index (χ2v) is 11.0. The van der Waals surface area contributed by atoms with Gasteiger partial charge in [0, 0.05) is 4.47 Å². The number of methoxy groups -OCH3 is 2. The van der Waals surface area contributed by atoms with Gasteiger partial charge in [-0.2, -0.15) is 9.78 Å². The van der Waals surface area contributed by atoms with Crippen LogP contribution < -0.4 is 19.8 Å². The van der Waals surface area contributed by atoms with E-state index in [0.29, 0.717) is 56.1 Å². The Morgan fingerprint density at radius 2 is 1.69 bits per heavy atom. The molecule has 0 radical (unpaired) electrons. The number of fused-ring (bicyclic) bond motifs is 2. The SMILES string of the molecule is COc1cc(C=Nn2c(-c3cc4c(OC)cccc4o3)nc3ccccc3c2=O)cc(Br)c1OCc1ccc(Br)cc1. The monoisotopic (exact) mass is 687 g/mol. The Morgan fingerprint density at radius 1 is 0.905 bits per heavy atom. The first-order chi connectivity index (χ1) is 20.4. The Bertz CT molecular complexity index is 2020. The molecular weight excluding hydrogens is 666 g/mol. The third kappa shape index (κ3) is 5.43. The minimum absolute atomic E-state index is 0.258. The van der Waals surface area contributed by atoms with Gasteiger partial charge >= 0.3 is 0 Å². The lowest BCUT2D eigenvalue weighted by Crippen LogP contribution is -2.20. The fourth-order valence-corrected chi connectivity index (χ4v) is 5.37. The van der Waals surface area contributed by atoms with Crippen LogP contribution in [-0.2, 0) is 6.61 Å². The molecule has 6 aromatic rings. The molecule has 10 heteroatoms. The van der Waals surface area contributed by atoms with Crippen molar-refractivity contribution < 1.29 is 18.6 Å². The molecule has 0 saturated heterocycles. The number of rotatable bonds is 8. The molecule has 0 aliphatic rings. The molecule has 0 N–H and O–H groups in total. The van der Waals surface area contributed by atoms with Crippen LogP contribution in [0.5, 0.6) is 17.2 Å². The molecule has 0 atom stereocenters. The lowest BCUT2D eigenvalue weighted by atomic mass is 10.2. The van der Waals surface area contributed by atoms with Crippen LogP contribution in [0.15, 0.2) is 108 Å². The number of nitrogens with zero attached hydrogens (tertiary/aromatic N) is 3. The molecule has 210 valence electrons. The summed E-state index contributed by atoms with van der Waals surface area (Å²) < 4.78 is 26.2. The minimum atomic E-state index is -0.334. The highest BCUT2D eigenvalue weighted by atomic mass is 79.9. The van der Waals surface area contributed by atoms with Crippen LogP contribution in [0.4, 0.5) is 0 Å². The molecule has 2 aromatic heterocycles. The van der Waals surface area contributed by atoms with Crippen LogP contribution in [0, 0.1) is 0 Å².